The Bertz CT molecular complexity index is 1130. The number of carbonyl (C=O) groups is 1. The molecule has 0 saturated heterocycles. The predicted octanol–water partition coefficient (Wildman–Crippen LogP) is 4.14. The maximum atomic E-state index is 12.6. The summed E-state index contributed by atoms with van der Waals surface area (Å²) in [6.07, 6.45) is 0. The van der Waals surface area contributed by atoms with E-state index in [4.69, 9.17) is 9.57 Å². The van der Waals surface area contributed by atoms with Crippen LogP contribution >= 0.6 is 15.9 Å². The zero-order valence-electron chi connectivity index (χ0n) is 15.3. The van der Waals surface area contributed by atoms with Crippen LogP contribution in [0.1, 0.15) is 15.9 Å². The molecule has 0 heterocycles. The Labute approximate surface area is 171 Å². The molecule has 0 aliphatic heterocycles. The van der Waals surface area contributed by atoms with Crippen molar-refractivity contribution < 1.29 is 22.8 Å². The third-order valence-electron chi connectivity index (χ3n) is 4.29. The SMILES string of the molecule is CON(C)S(=O)(=O)c1ccc(Br)c(C(=O)OCc2cccc3ccccc23)c1. The molecule has 0 atom stereocenters. The van der Waals surface area contributed by atoms with Crippen LogP contribution in [0.2, 0.25) is 0 Å². The molecule has 0 amide bonds. The summed E-state index contributed by atoms with van der Waals surface area (Å²) in [7, 11) is -1.36. The zero-order valence-corrected chi connectivity index (χ0v) is 17.7. The molecule has 146 valence electrons. The summed E-state index contributed by atoms with van der Waals surface area (Å²) in [5.41, 5.74) is 0.983. The van der Waals surface area contributed by atoms with Gasteiger partial charge >= 0.3 is 5.97 Å². The number of hydroxylamine groups is 1. The van der Waals surface area contributed by atoms with Crippen LogP contribution in [0.4, 0.5) is 0 Å². The average molecular weight is 464 g/mol. The highest BCUT2D eigenvalue weighted by atomic mass is 79.9. The van der Waals surface area contributed by atoms with Crippen LogP contribution < -0.4 is 0 Å². The lowest BCUT2D eigenvalue weighted by molar-refractivity contribution is -0.0258. The standard InChI is InChI=1S/C20H18BrNO5S/c1-22(26-2)28(24,25)16-10-11-19(21)18(12-16)20(23)27-13-15-8-5-7-14-6-3-4-9-17(14)15/h3-12H,13H2,1-2H3. The number of nitrogens with zero attached hydrogens (tertiary/aromatic N) is 1. The van der Waals surface area contributed by atoms with E-state index in [1.54, 1.807) is 0 Å². The van der Waals surface area contributed by atoms with Crippen molar-refractivity contribution in [3.05, 3.63) is 76.3 Å². The Hall–Kier alpha value is -2.26. The molecule has 0 bridgehead atoms. The van der Waals surface area contributed by atoms with Crippen molar-refractivity contribution in [2.75, 3.05) is 14.2 Å². The second kappa shape index (κ2) is 8.40. The van der Waals surface area contributed by atoms with Crippen molar-refractivity contribution >= 4 is 42.7 Å². The number of hydrogen-bond donors (Lipinski definition) is 0. The van der Waals surface area contributed by atoms with Gasteiger partial charge in [-0.15, -0.1) is 0 Å². The van der Waals surface area contributed by atoms with Crippen LogP contribution in [-0.2, 0) is 26.2 Å². The summed E-state index contributed by atoms with van der Waals surface area (Å²) in [5, 5.41) is 2.04. The summed E-state index contributed by atoms with van der Waals surface area (Å²) < 4.78 is 31.4. The average Bonchev–Trinajstić information content (AvgIpc) is 2.71. The van der Waals surface area contributed by atoms with Gasteiger partial charge < -0.3 is 4.74 Å². The number of esters is 1. The van der Waals surface area contributed by atoms with E-state index in [0.29, 0.717) is 4.47 Å². The van der Waals surface area contributed by atoms with E-state index in [9.17, 15) is 13.2 Å². The number of carbonyl (C=O) groups excluding carboxylic acids is 1. The summed E-state index contributed by atoms with van der Waals surface area (Å²) >= 11 is 3.28. The predicted molar refractivity (Wildman–Crippen MR) is 109 cm³/mol. The van der Waals surface area contributed by atoms with E-state index >= 15 is 0 Å². The van der Waals surface area contributed by atoms with E-state index < -0.39 is 16.0 Å². The second-order valence-electron chi connectivity index (χ2n) is 5.95. The Balaban J connectivity index is 1.86. The minimum absolute atomic E-state index is 0.0710. The van der Waals surface area contributed by atoms with Crippen molar-refractivity contribution in [2.24, 2.45) is 0 Å². The minimum Gasteiger partial charge on any atom is -0.457 e. The van der Waals surface area contributed by atoms with Gasteiger partial charge in [-0.2, -0.15) is 0 Å². The number of rotatable bonds is 6. The van der Waals surface area contributed by atoms with E-state index in [-0.39, 0.29) is 17.1 Å². The Morgan fingerprint density at radius 3 is 2.54 bits per heavy atom. The van der Waals surface area contributed by atoms with Crippen LogP contribution in [0.3, 0.4) is 0 Å². The largest absolute Gasteiger partial charge is 0.457 e. The molecule has 0 aliphatic rings. The normalized spacial score (nSPS) is 11.7. The molecule has 0 aromatic heterocycles. The van der Waals surface area contributed by atoms with Crippen molar-refractivity contribution in [1.82, 2.24) is 4.47 Å². The molecule has 0 saturated carbocycles. The monoisotopic (exact) mass is 463 g/mol. The topological polar surface area (TPSA) is 72.9 Å². The fraction of sp³-hybridized carbons (Fsp3) is 0.150. The molecule has 0 aliphatic carbocycles. The smallest absolute Gasteiger partial charge is 0.339 e. The number of halogens is 1. The molecule has 3 aromatic rings. The highest BCUT2D eigenvalue weighted by molar-refractivity contribution is 9.10. The lowest BCUT2D eigenvalue weighted by Gasteiger charge is -2.15. The number of benzene rings is 3. The summed E-state index contributed by atoms with van der Waals surface area (Å²) in [6.45, 7) is 0.0710. The third-order valence-corrected chi connectivity index (χ3v) is 6.66. The molecule has 0 radical (unpaired) electrons. The Kier molecular flexibility index (Phi) is 6.14. The van der Waals surface area contributed by atoms with Crippen LogP contribution in [0, 0.1) is 0 Å². The van der Waals surface area contributed by atoms with Gasteiger partial charge in [-0.25, -0.2) is 13.2 Å². The molecule has 0 fully saturated rings. The Morgan fingerprint density at radius 2 is 1.79 bits per heavy atom. The first-order valence-electron chi connectivity index (χ1n) is 8.31. The van der Waals surface area contributed by atoms with E-state index in [1.165, 1.54) is 32.4 Å². The first kappa shape index (κ1) is 20.5. The summed E-state index contributed by atoms with van der Waals surface area (Å²) in [4.78, 5) is 17.3. The number of sulfonamides is 1. The molecule has 0 N–H and O–H groups in total. The van der Waals surface area contributed by atoms with Crippen LogP contribution in [0.5, 0.6) is 0 Å². The molecule has 28 heavy (non-hydrogen) atoms. The van der Waals surface area contributed by atoms with Gasteiger partial charge in [-0.3, -0.25) is 4.84 Å². The van der Waals surface area contributed by atoms with Crippen LogP contribution in [0.15, 0.2) is 70.0 Å². The van der Waals surface area contributed by atoms with E-state index in [1.807, 2.05) is 42.5 Å². The van der Waals surface area contributed by atoms with Crippen molar-refractivity contribution in [2.45, 2.75) is 11.5 Å². The van der Waals surface area contributed by atoms with Gasteiger partial charge in [-0.05, 0) is 50.5 Å². The molecule has 0 spiro atoms. The third kappa shape index (κ3) is 4.10. The Morgan fingerprint density at radius 1 is 1.07 bits per heavy atom. The molecule has 3 rings (SSSR count). The van der Waals surface area contributed by atoms with Crippen molar-refractivity contribution in [1.29, 1.82) is 0 Å². The van der Waals surface area contributed by atoms with Crippen molar-refractivity contribution in [3.8, 4) is 0 Å². The first-order valence-corrected chi connectivity index (χ1v) is 10.5. The number of hydrogen-bond acceptors (Lipinski definition) is 5. The highest BCUT2D eigenvalue weighted by Gasteiger charge is 2.23. The molecule has 3 aromatic carbocycles. The van der Waals surface area contributed by atoms with Gasteiger partial charge in [0.1, 0.15) is 6.61 Å². The fourth-order valence-corrected chi connectivity index (χ4v) is 4.12. The fourth-order valence-electron chi connectivity index (χ4n) is 2.71. The highest BCUT2D eigenvalue weighted by Crippen LogP contribution is 2.25. The van der Waals surface area contributed by atoms with Gasteiger partial charge in [0.05, 0.1) is 17.6 Å². The zero-order chi connectivity index (χ0) is 20.3. The number of fused-ring (bicyclic) bond motifs is 1. The molecule has 0 unspecified atom stereocenters. The first-order chi connectivity index (χ1) is 13.3. The number of ether oxygens (including phenoxy) is 1. The maximum Gasteiger partial charge on any atom is 0.339 e. The van der Waals surface area contributed by atoms with Crippen molar-refractivity contribution in [3.63, 3.8) is 0 Å². The molecule has 6 nitrogen and oxygen atoms in total. The van der Waals surface area contributed by atoms with Gasteiger partial charge in [-0.1, -0.05) is 46.9 Å². The van der Waals surface area contributed by atoms with Gasteiger partial charge in [0.15, 0.2) is 0 Å². The summed E-state index contributed by atoms with van der Waals surface area (Å²) in [5.74, 6) is -0.628. The molecular weight excluding hydrogens is 446 g/mol. The minimum atomic E-state index is -3.88. The van der Waals surface area contributed by atoms with E-state index in [0.717, 1.165) is 20.8 Å². The van der Waals surface area contributed by atoms with Gasteiger partial charge in [0, 0.05) is 11.5 Å². The van der Waals surface area contributed by atoms with E-state index in [2.05, 4.69) is 15.9 Å². The lowest BCUT2D eigenvalue weighted by atomic mass is 10.1. The quantitative estimate of drug-likeness (QED) is 0.405. The van der Waals surface area contributed by atoms with Crippen LogP contribution in [0.25, 0.3) is 10.8 Å². The van der Waals surface area contributed by atoms with Crippen LogP contribution in [-0.4, -0.2) is 33.0 Å². The van der Waals surface area contributed by atoms with Gasteiger partial charge in [0.25, 0.3) is 10.0 Å². The molecular formula is C20H18BrNO5S. The summed E-state index contributed by atoms with van der Waals surface area (Å²) in [6, 6.07) is 17.7. The maximum absolute atomic E-state index is 12.6. The molecule has 8 heteroatoms. The second-order valence-corrected chi connectivity index (χ2v) is 8.74. The lowest BCUT2D eigenvalue weighted by Crippen LogP contribution is -2.26. The van der Waals surface area contributed by atoms with Gasteiger partial charge in [0.2, 0.25) is 0 Å².